The summed E-state index contributed by atoms with van der Waals surface area (Å²) in [5.74, 6) is -0.307. The maximum absolute atomic E-state index is 13.7. The Bertz CT molecular complexity index is 517. The Morgan fingerprint density at radius 3 is 2.52 bits per heavy atom. The Morgan fingerprint density at radius 2 is 2.00 bits per heavy atom. The number of aromatic nitrogens is 1. The molecule has 0 amide bonds. The van der Waals surface area contributed by atoms with Crippen LogP contribution in [0.15, 0.2) is 12.3 Å². The summed E-state index contributed by atoms with van der Waals surface area (Å²) in [6, 6.07) is 2.72. The number of hydrogen-bond donors (Lipinski definition) is 0. The van der Waals surface area contributed by atoms with E-state index in [1.165, 1.54) is 13.5 Å². The zero-order chi connectivity index (χ0) is 15.2. The molecule has 0 saturated carbocycles. The van der Waals surface area contributed by atoms with Crippen molar-refractivity contribution in [3.05, 3.63) is 23.6 Å². The molecule has 2 saturated heterocycles. The highest BCUT2D eigenvalue weighted by Crippen LogP contribution is 2.36. The minimum absolute atomic E-state index is 0.0708. The molecule has 0 spiro atoms. The highest BCUT2D eigenvalue weighted by molar-refractivity contribution is 5.21. The van der Waals surface area contributed by atoms with Crippen molar-refractivity contribution in [1.29, 1.82) is 0 Å². The van der Waals surface area contributed by atoms with E-state index in [2.05, 4.69) is 35.6 Å². The number of ether oxygens (including phenoxy) is 1. The molecule has 1 aromatic heterocycles. The van der Waals surface area contributed by atoms with Crippen molar-refractivity contribution in [2.75, 3.05) is 20.2 Å². The van der Waals surface area contributed by atoms with Gasteiger partial charge in [0.25, 0.3) is 0 Å². The summed E-state index contributed by atoms with van der Waals surface area (Å²) in [7, 11) is 1.44. The van der Waals surface area contributed by atoms with Crippen LogP contribution >= 0.6 is 0 Å². The van der Waals surface area contributed by atoms with E-state index in [1.54, 1.807) is 12.3 Å². The summed E-state index contributed by atoms with van der Waals surface area (Å²) < 4.78 is 18.6. The number of methoxy groups -OCH3 is 1. The van der Waals surface area contributed by atoms with E-state index >= 15 is 0 Å². The van der Waals surface area contributed by atoms with E-state index < -0.39 is 0 Å². The maximum atomic E-state index is 13.7. The molecule has 0 aliphatic carbocycles. The molecule has 21 heavy (non-hydrogen) atoms. The lowest BCUT2D eigenvalue weighted by molar-refractivity contribution is -0.0997. The first kappa shape index (κ1) is 14.7. The number of piperidine rings is 1. The fourth-order valence-electron chi connectivity index (χ4n) is 3.41. The molecule has 0 aromatic carbocycles. The first-order valence-electron chi connectivity index (χ1n) is 7.57. The summed E-state index contributed by atoms with van der Waals surface area (Å²) in [5.41, 5.74) is 1.16. The zero-order valence-corrected chi connectivity index (χ0v) is 13.3. The second-order valence-electron chi connectivity index (χ2n) is 7.13. The first-order chi connectivity index (χ1) is 9.88. The third-order valence-electron chi connectivity index (χ3n) is 4.72. The van der Waals surface area contributed by atoms with E-state index in [9.17, 15) is 4.39 Å². The van der Waals surface area contributed by atoms with Crippen molar-refractivity contribution in [3.8, 4) is 5.88 Å². The van der Waals surface area contributed by atoms with Crippen LogP contribution in [0.2, 0.25) is 0 Å². The van der Waals surface area contributed by atoms with Crippen LogP contribution in [0.25, 0.3) is 0 Å². The van der Waals surface area contributed by atoms with Crippen LogP contribution < -0.4 is 4.74 Å². The summed E-state index contributed by atoms with van der Waals surface area (Å²) in [5, 5.41) is 0. The smallest absolute Gasteiger partial charge is 0.250 e. The fraction of sp³-hybridized carbons (Fsp3) is 0.688. The molecule has 2 bridgehead atoms. The number of halogens is 1. The van der Waals surface area contributed by atoms with Crippen molar-refractivity contribution < 1.29 is 9.13 Å². The zero-order valence-electron chi connectivity index (χ0n) is 13.3. The summed E-state index contributed by atoms with van der Waals surface area (Å²) in [6.45, 7) is 9.79. The van der Waals surface area contributed by atoms with E-state index in [0.29, 0.717) is 12.1 Å². The molecule has 2 unspecified atom stereocenters. The lowest BCUT2D eigenvalue weighted by Gasteiger charge is -2.59. The minimum Gasteiger partial charge on any atom is -0.479 e. The van der Waals surface area contributed by atoms with E-state index in [1.807, 2.05) is 0 Å². The largest absolute Gasteiger partial charge is 0.479 e. The van der Waals surface area contributed by atoms with Crippen LogP contribution in [-0.2, 0) is 6.54 Å². The quantitative estimate of drug-likeness (QED) is 0.855. The molecule has 116 valence electrons. The van der Waals surface area contributed by atoms with Gasteiger partial charge >= 0.3 is 0 Å². The third kappa shape index (κ3) is 2.77. The highest BCUT2D eigenvalue weighted by atomic mass is 19.1. The van der Waals surface area contributed by atoms with Gasteiger partial charge in [-0.15, -0.1) is 0 Å². The number of nitrogens with zero attached hydrogens (tertiary/aromatic N) is 3. The molecule has 2 atom stereocenters. The number of pyridine rings is 1. The molecule has 0 radical (unpaired) electrons. The summed E-state index contributed by atoms with van der Waals surface area (Å²) in [4.78, 5) is 9.05. The van der Waals surface area contributed by atoms with Crippen LogP contribution in [-0.4, -0.2) is 52.6 Å². The Kier molecular flexibility index (Phi) is 3.66. The van der Waals surface area contributed by atoms with Crippen LogP contribution in [0.3, 0.4) is 0 Å². The molecular weight excluding hydrogens is 269 g/mol. The first-order valence-corrected chi connectivity index (χ1v) is 7.57. The topological polar surface area (TPSA) is 28.6 Å². The Balaban J connectivity index is 1.65. The number of rotatable bonds is 3. The second kappa shape index (κ2) is 5.21. The Hall–Kier alpha value is -1.20. The van der Waals surface area contributed by atoms with Gasteiger partial charge in [0.15, 0.2) is 5.82 Å². The minimum atomic E-state index is -0.378. The molecule has 3 rings (SSSR count). The van der Waals surface area contributed by atoms with E-state index in [-0.39, 0.29) is 17.2 Å². The Morgan fingerprint density at radius 1 is 1.33 bits per heavy atom. The lowest BCUT2D eigenvalue weighted by Crippen LogP contribution is -2.70. The molecule has 5 heteroatoms. The van der Waals surface area contributed by atoms with Crippen molar-refractivity contribution in [1.82, 2.24) is 14.8 Å². The van der Waals surface area contributed by atoms with Crippen LogP contribution in [0.5, 0.6) is 5.88 Å². The summed E-state index contributed by atoms with van der Waals surface area (Å²) in [6.07, 6.45) is 2.98. The number of likely N-dealkylation sites (tertiary alicyclic amines) is 2. The molecule has 2 aliphatic rings. The molecule has 3 heterocycles. The SMILES string of the molecule is COc1ncc(CN2C3CC2CN(C(C)(C)C)C3)cc1F. The maximum Gasteiger partial charge on any atom is 0.250 e. The van der Waals surface area contributed by atoms with E-state index in [4.69, 9.17) is 4.74 Å². The Labute approximate surface area is 125 Å². The van der Waals surface area contributed by atoms with Gasteiger partial charge in [-0.25, -0.2) is 9.37 Å². The van der Waals surface area contributed by atoms with Crippen molar-refractivity contribution in [3.63, 3.8) is 0 Å². The average Bonchev–Trinajstić information content (AvgIpc) is 2.44. The standard InChI is InChI=1S/C16H24FN3O/c1-16(2,3)19-9-12-6-13(10-19)20(12)8-11-5-14(17)15(21-4)18-7-11/h5,7,12-13H,6,8-10H2,1-4H3. The third-order valence-corrected chi connectivity index (χ3v) is 4.72. The highest BCUT2D eigenvalue weighted by Gasteiger charge is 2.46. The molecule has 2 aliphatic heterocycles. The average molecular weight is 293 g/mol. The summed E-state index contributed by atoms with van der Waals surface area (Å²) >= 11 is 0. The van der Waals surface area contributed by atoms with Crippen molar-refractivity contribution >= 4 is 0 Å². The second-order valence-corrected chi connectivity index (χ2v) is 7.13. The normalized spacial score (nSPS) is 26.5. The van der Waals surface area contributed by atoms with Gasteiger partial charge in [-0.05, 0) is 38.8 Å². The van der Waals surface area contributed by atoms with Crippen LogP contribution in [0, 0.1) is 5.82 Å². The van der Waals surface area contributed by atoms with Gasteiger partial charge in [0.05, 0.1) is 7.11 Å². The van der Waals surface area contributed by atoms with E-state index in [0.717, 1.165) is 25.2 Å². The van der Waals surface area contributed by atoms with Crippen molar-refractivity contribution in [2.24, 2.45) is 0 Å². The molecular formula is C16H24FN3O. The molecule has 0 N–H and O–H groups in total. The fourth-order valence-corrected chi connectivity index (χ4v) is 3.41. The van der Waals surface area contributed by atoms with Gasteiger partial charge in [-0.3, -0.25) is 9.80 Å². The monoisotopic (exact) mass is 293 g/mol. The van der Waals surface area contributed by atoms with Gasteiger partial charge in [-0.2, -0.15) is 0 Å². The molecule has 2 fully saturated rings. The molecule has 4 nitrogen and oxygen atoms in total. The van der Waals surface area contributed by atoms with Gasteiger partial charge in [0.1, 0.15) is 0 Å². The van der Waals surface area contributed by atoms with Crippen LogP contribution in [0.4, 0.5) is 4.39 Å². The van der Waals surface area contributed by atoms with Gasteiger partial charge in [0.2, 0.25) is 5.88 Å². The van der Waals surface area contributed by atoms with Gasteiger partial charge < -0.3 is 4.74 Å². The van der Waals surface area contributed by atoms with Gasteiger partial charge in [-0.1, -0.05) is 0 Å². The number of piperazine rings is 1. The number of hydrogen-bond acceptors (Lipinski definition) is 4. The number of fused-ring (bicyclic) bond motifs is 2. The van der Waals surface area contributed by atoms with Crippen LogP contribution in [0.1, 0.15) is 32.8 Å². The van der Waals surface area contributed by atoms with Gasteiger partial charge in [0, 0.05) is 43.5 Å². The van der Waals surface area contributed by atoms with Crippen molar-refractivity contribution in [2.45, 2.75) is 51.4 Å². The predicted octanol–water partition coefficient (Wildman–Crippen LogP) is 2.29. The predicted molar refractivity (Wildman–Crippen MR) is 79.8 cm³/mol. The lowest BCUT2D eigenvalue weighted by atomic mass is 9.84. The molecule has 1 aromatic rings.